The maximum atomic E-state index is 12.2. The summed E-state index contributed by atoms with van der Waals surface area (Å²) in [6.07, 6.45) is -0.955. The first-order chi connectivity index (χ1) is 12.3. The molecule has 2 rings (SSSR count). The minimum absolute atomic E-state index is 0.267. The molecular formula is C20H22ClNO4. The summed E-state index contributed by atoms with van der Waals surface area (Å²) in [5.74, 6) is -0.462. The molecule has 0 spiro atoms. The van der Waals surface area contributed by atoms with Crippen molar-refractivity contribution in [3.05, 3.63) is 58.1 Å². The number of benzene rings is 2. The second-order valence-electron chi connectivity index (χ2n) is 6.15. The van der Waals surface area contributed by atoms with Gasteiger partial charge < -0.3 is 14.8 Å². The lowest BCUT2D eigenvalue weighted by Crippen LogP contribution is -2.31. The minimum Gasteiger partial charge on any atom is -0.482 e. The number of amides is 1. The van der Waals surface area contributed by atoms with Crippen LogP contribution >= 0.6 is 11.6 Å². The van der Waals surface area contributed by atoms with E-state index >= 15 is 0 Å². The Morgan fingerprint density at radius 3 is 2.42 bits per heavy atom. The average molecular weight is 376 g/mol. The standard InChI is InChI=1S/C20H22ClNO4/c1-12-8-13(2)10-16(9-12)25-11-19(23)26-15(4)20(24)22-18-7-5-6-17(21)14(18)3/h5-10,15H,11H2,1-4H3,(H,22,24)/t15-/m0/s1. The maximum absolute atomic E-state index is 12.2. The molecule has 0 radical (unpaired) electrons. The van der Waals surface area contributed by atoms with Crippen molar-refractivity contribution >= 4 is 29.2 Å². The third kappa shape index (κ3) is 5.49. The molecule has 1 atom stereocenters. The molecule has 2 aromatic carbocycles. The highest BCUT2D eigenvalue weighted by molar-refractivity contribution is 6.31. The number of carbonyl (C=O) groups excluding carboxylic acids is 2. The number of aryl methyl sites for hydroxylation is 2. The normalized spacial score (nSPS) is 11.6. The summed E-state index contributed by atoms with van der Waals surface area (Å²) in [7, 11) is 0. The maximum Gasteiger partial charge on any atom is 0.344 e. The highest BCUT2D eigenvalue weighted by atomic mass is 35.5. The third-order valence-corrected chi connectivity index (χ3v) is 4.16. The van der Waals surface area contributed by atoms with Gasteiger partial charge in [-0.2, -0.15) is 0 Å². The van der Waals surface area contributed by atoms with Crippen molar-refractivity contribution in [1.82, 2.24) is 0 Å². The Labute approximate surface area is 158 Å². The van der Waals surface area contributed by atoms with Crippen LogP contribution in [0, 0.1) is 20.8 Å². The summed E-state index contributed by atoms with van der Waals surface area (Å²) in [6.45, 7) is 6.93. The number of anilines is 1. The van der Waals surface area contributed by atoms with E-state index in [-0.39, 0.29) is 6.61 Å². The van der Waals surface area contributed by atoms with Crippen LogP contribution in [0.4, 0.5) is 5.69 Å². The molecule has 1 N–H and O–H groups in total. The number of hydrogen-bond acceptors (Lipinski definition) is 4. The molecule has 2 aromatic rings. The molecule has 1 amide bonds. The first-order valence-corrected chi connectivity index (χ1v) is 8.60. The number of halogens is 1. The molecule has 0 saturated carbocycles. The molecule has 138 valence electrons. The molecule has 0 bridgehead atoms. The SMILES string of the molecule is Cc1cc(C)cc(OCC(=O)O[C@@H](C)C(=O)Nc2cccc(Cl)c2C)c1. The van der Waals surface area contributed by atoms with Gasteiger partial charge in [0.15, 0.2) is 12.7 Å². The predicted octanol–water partition coefficient (Wildman–Crippen LogP) is 4.21. The van der Waals surface area contributed by atoms with E-state index in [2.05, 4.69) is 5.32 Å². The summed E-state index contributed by atoms with van der Waals surface area (Å²) < 4.78 is 10.6. The molecule has 26 heavy (non-hydrogen) atoms. The zero-order valence-corrected chi connectivity index (χ0v) is 16.0. The van der Waals surface area contributed by atoms with Crippen LogP contribution in [-0.4, -0.2) is 24.6 Å². The molecule has 0 aliphatic rings. The fourth-order valence-corrected chi connectivity index (χ4v) is 2.59. The molecule has 0 unspecified atom stereocenters. The van der Waals surface area contributed by atoms with E-state index in [1.54, 1.807) is 25.1 Å². The van der Waals surface area contributed by atoms with E-state index in [9.17, 15) is 9.59 Å². The Hall–Kier alpha value is -2.53. The molecule has 0 aromatic heterocycles. The van der Waals surface area contributed by atoms with Crippen LogP contribution < -0.4 is 10.1 Å². The highest BCUT2D eigenvalue weighted by Crippen LogP contribution is 2.23. The molecule has 0 fully saturated rings. The van der Waals surface area contributed by atoms with Crippen molar-refractivity contribution in [2.75, 3.05) is 11.9 Å². The van der Waals surface area contributed by atoms with E-state index < -0.39 is 18.0 Å². The summed E-state index contributed by atoms with van der Waals surface area (Å²) in [5, 5.41) is 3.25. The summed E-state index contributed by atoms with van der Waals surface area (Å²) >= 11 is 6.03. The second-order valence-corrected chi connectivity index (χ2v) is 6.55. The highest BCUT2D eigenvalue weighted by Gasteiger charge is 2.19. The Bertz CT molecular complexity index is 799. The first-order valence-electron chi connectivity index (χ1n) is 8.23. The van der Waals surface area contributed by atoms with Crippen molar-refractivity contribution in [2.24, 2.45) is 0 Å². The van der Waals surface area contributed by atoms with Gasteiger partial charge in [-0.1, -0.05) is 23.7 Å². The van der Waals surface area contributed by atoms with Crippen molar-refractivity contribution in [3.8, 4) is 5.75 Å². The minimum atomic E-state index is -0.955. The predicted molar refractivity (Wildman–Crippen MR) is 102 cm³/mol. The van der Waals surface area contributed by atoms with Gasteiger partial charge in [-0.15, -0.1) is 0 Å². The van der Waals surface area contributed by atoms with Crippen molar-refractivity contribution < 1.29 is 19.1 Å². The van der Waals surface area contributed by atoms with Gasteiger partial charge in [0.2, 0.25) is 0 Å². The number of nitrogens with one attached hydrogen (secondary N) is 1. The topological polar surface area (TPSA) is 64.6 Å². The zero-order valence-electron chi connectivity index (χ0n) is 15.3. The number of rotatable bonds is 6. The molecular weight excluding hydrogens is 354 g/mol. The third-order valence-electron chi connectivity index (χ3n) is 3.75. The molecule has 5 nitrogen and oxygen atoms in total. The lowest BCUT2D eigenvalue weighted by molar-refractivity contribution is -0.155. The Kier molecular flexibility index (Phi) is 6.64. The Balaban J connectivity index is 1.87. The van der Waals surface area contributed by atoms with E-state index in [0.29, 0.717) is 16.5 Å². The average Bonchev–Trinajstić information content (AvgIpc) is 2.56. The van der Waals surface area contributed by atoms with Crippen LogP contribution in [0.3, 0.4) is 0 Å². The number of esters is 1. The van der Waals surface area contributed by atoms with Gasteiger partial charge >= 0.3 is 5.97 Å². The zero-order chi connectivity index (χ0) is 19.3. The van der Waals surface area contributed by atoms with Crippen molar-refractivity contribution in [1.29, 1.82) is 0 Å². The van der Waals surface area contributed by atoms with Crippen molar-refractivity contribution in [2.45, 2.75) is 33.8 Å². The van der Waals surface area contributed by atoms with Gasteiger partial charge in [0.05, 0.1) is 0 Å². The molecule has 0 aliphatic heterocycles. The largest absolute Gasteiger partial charge is 0.482 e. The Morgan fingerprint density at radius 1 is 1.12 bits per heavy atom. The lowest BCUT2D eigenvalue weighted by Gasteiger charge is -2.15. The van der Waals surface area contributed by atoms with Gasteiger partial charge in [0, 0.05) is 10.7 Å². The number of carbonyl (C=O) groups is 2. The number of hydrogen-bond donors (Lipinski definition) is 1. The van der Waals surface area contributed by atoms with E-state index in [1.807, 2.05) is 32.0 Å². The van der Waals surface area contributed by atoms with Gasteiger partial charge in [0.1, 0.15) is 5.75 Å². The fraction of sp³-hybridized carbons (Fsp3) is 0.300. The monoisotopic (exact) mass is 375 g/mol. The van der Waals surface area contributed by atoms with Gasteiger partial charge in [0.25, 0.3) is 5.91 Å². The van der Waals surface area contributed by atoms with E-state index in [1.165, 1.54) is 6.92 Å². The summed E-state index contributed by atoms with van der Waals surface area (Å²) in [5.41, 5.74) is 3.41. The number of ether oxygens (including phenoxy) is 2. The quantitative estimate of drug-likeness (QED) is 0.768. The smallest absolute Gasteiger partial charge is 0.344 e. The van der Waals surface area contributed by atoms with Gasteiger partial charge in [-0.3, -0.25) is 4.79 Å². The van der Waals surface area contributed by atoms with Crippen LogP contribution in [-0.2, 0) is 14.3 Å². The van der Waals surface area contributed by atoms with Gasteiger partial charge in [-0.05, 0) is 68.7 Å². The first kappa shape index (κ1) is 19.8. The van der Waals surface area contributed by atoms with Crippen LogP contribution in [0.2, 0.25) is 5.02 Å². The van der Waals surface area contributed by atoms with Gasteiger partial charge in [-0.25, -0.2) is 4.79 Å². The van der Waals surface area contributed by atoms with Crippen LogP contribution in [0.1, 0.15) is 23.6 Å². The van der Waals surface area contributed by atoms with Crippen LogP contribution in [0.25, 0.3) is 0 Å². The lowest BCUT2D eigenvalue weighted by atomic mass is 10.1. The van der Waals surface area contributed by atoms with Crippen molar-refractivity contribution in [3.63, 3.8) is 0 Å². The summed E-state index contributed by atoms with van der Waals surface area (Å²) in [4.78, 5) is 24.1. The van der Waals surface area contributed by atoms with Crippen LogP contribution in [0.15, 0.2) is 36.4 Å². The molecule has 0 heterocycles. The molecule has 0 saturated heterocycles. The molecule has 0 aliphatic carbocycles. The Morgan fingerprint density at radius 2 is 1.77 bits per heavy atom. The second kappa shape index (κ2) is 8.72. The summed E-state index contributed by atoms with van der Waals surface area (Å²) in [6, 6.07) is 10.9. The van der Waals surface area contributed by atoms with Crippen LogP contribution in [0.5, 0.6) is 5.75 Å². The molecule has 6 heteroatoms. The van der Waals surface area contributed by atoms with E-state index in [0.717, 1.165) is 16.7 Å². The fourth-order valence-electron chi connectivity index (χ4n) is 2.42. The van der Waals surface area contributed by atoms with E-state index in [4.69, 9.17) is 21.1 Å².